The Morgan fingerprint density at radius 3 is 2.26 bits per heavy atom. The molecule has 0 bridgehead atoms. The van der Waals surface area contributed by atoms with Gasteiger partial charge in [0.25, 0.3) is 0 Å². The molecule has 1 fully saturated rings. The second-order valence-corrected chi connectivity index (χ2v) is 6.81. The van der Waals surface area contributed by atoms with E-state index in [1.54, 1.807) is 18.9 Å². The first kappa shape index (κ1) is 19.9. The van der Waals surface area contributed by atoms with E-state index in [-0.39, 0.29) is 30.1 Å². The molecule has 0 radical (unpaired) electrons. The van der Waals surface area contributed by atoms with Crippen LogP contribution in [-0.4, -0.2) is 36.9 Å². The molecule has 128 valence electrons. The van der Waals surface area contributed by atoms with E-state index in [1.807, 2.05) is 24.3 Å². The highest BCUT2D eigenvalue weighted by molar-refractivity contribution is 9.10. The fourth-order valence-electron chi connectivity index (χ4n) is 2.80. The topological polar surface area (TPSA) is 75.4 Å². The molecule has 3 N–H and O–H groups in total. The number of hydrogen-bond donors (Lipinski definition) is 2. The van der Waals surface area contributed by atoms with E-state index >= 15 is 0 Å². The second kappa shape index (κ2) is 8.13. The van der Waals surface area contributed by atoms with Crippen molar-refractivity contribution in [2.75, 3.05) is 20.1 Å². The first-order chi connectivity index (χ1) is 10.4. The lowest BCUT2D eigenvalue weighted by atomic mass is 9.89. The number of likely N-dealkylation sites (tertiary alicyclic amines) is 1. The van der Waals surface area contributed by atoms with Crippen molar-refractivity contribution in [3.63, 3.8) is 0 Å². The van der Waals surface area contributed by atoms with Crippen molar-refractivity contribution in [3.05, 3.63) is 34.3 Å². The maximum Gasteiger partial charge on any atom is 0.246 e. The number of benzene rings is 1. The summed E-state index contributed by atoms with van der Waals surface area (Å²) >= 11 is 3.38. The minimum absolute atomic E-state index is 0. The lowest BCUT2D eigenvalue weighted by Crippen LogP contribution is -2.53. The smallest absolute Gasteiger partial charge is 0.246 e. The summed E-state index contributed by atoms with van der Waals surface area (Å²) < 4.78 is 0.950. The van der Waals surface area contributed by atoms with Gasteiger partial charge in [0, 0.05) is 30.5 Å². The van der Waals surface area contributed by atoms with Gasteiger partial charge in [0.05, 0.1) is 0 Å². The van der Waals surface area contributed by atoms with Crippen LogP contribution >= 0.6 is 28.3 Å². The molecule has 2 amide bonds. The quantitative estimate of drug-likeness (QED) is 0.809. The Hall–Kier alpha value is -1.11. The van der Waals surface area contributed by atoms with Gasteiger partial charge < -0.3 is 16.0 Å². The number of amides is 2. The normalized spacial score (nSPS) is 17.8. The molecule has 1 heterocycles. The Kier molecular flexibility index (Phi) is 7.04. The van der Waals surface area contributed by atoms with Gasteiger partial charge in [0.15, 0.2) is 0 Å². The average Bonchev–Trinajstić information content (AvgIpc) is 2.54. The fourth-order valence-corrected chi connectivity index (χ4v) is 3.06. The highest BCUT2D eigenvalue weighted by atomic mass is 79.9. The Labute approximate surface area is 151 Å². The van der Waals surface area contributed by atoms with Crippen molar-refractivity contribution in [2.24, 2.45) is 11.7 Å². The van der Waals surface area contributed by atoms with Crippen LogP contribution in [0.15, 0.2) is 28.7 Å². The van der Waals surface area contributed by atoms with E-state index in [1.165, 1.54) is 0 Å². The maximum absolute atomic E-state index is 12.7. The van der Waals surface area contributed by atoms with Gasteiger partial charge in [-0.05, 0) is 37.5 Å². The average molecular weight is 405 g/mol. The molecule has 23 heavy (non-hydrogen) atoms. The van der Waals surface area contributed by atoms with Crippen LogP contribution in [0, 0.1) is 5.92 Å². The van der Waals surface area contributed by atoms with Gasteiger partial charge in [-0.1, -0.05) is 28.1 Å². The third kappa shape index (κ3) is 4.46. The second-order valence-electron chi connectivity index (χ2n) is 5.89. The van der Waals surface area contributed by atoms with Crippen molar-refractivity contribution in [1.29, 1.82) is 0 Å². The van der Waals surface area contributed by atoms with Crippen LogP contribution in [0.4, 0.5) is 0 Å². The summed E-state index contributed by atoms with van der Waals surface area (Å²) in [5.41, 5.74) is 6.03. The monoisotopic (exact) mass is 403 g/mol. The molecular weight excluding hydrogens is 382 g/mol. The molecule has 0 spiro atoms. The molecule has 1 aromatic rings. The molecule has 1 aliphatic heterocycles. The van der Waals surface area contributed by atoms with Crippen molar-refractivity contribution in [2.45, 2.75) is 25.3 Å². The zero-order chi connectivity index (χ0) is 16.3. The van der Waals surface area contributed by atoms with Crippen LogP contribution in [0.2, 0.25) is 0 Å². The van der Waals surface area contributed by atoms with Gasteiger partial charge in [-0.3, -0.25) is 9.59 Å². The van der Waals surface area contributed by atoms with E-state index in [4.69, 9.17) is 5.73 Å². The Balaban J connectivity index is 0.00000264. The largest absolute Gasteiger partial charge is 0.359 e. The molecule has 0 saturated carbocycles. The Morgan fingerprint density at radius 1 is 1.26 bits per heavy atom. The van der Waals surface area contributed by atoms with Crippen LogP contribution in [-0.2, 0) is 15.1 Å². The van der Waals surface area contributed by atoms with Crippen molar-refractivity contribution in [1.82, 2.24) is 10.2 Å². The van der Waals surface area contributed by atoms with Crippen molar-refractivity contribution < 1.29 is 9.59 Å². The molecule has 1 atom stereocenters. The standard InChI is InChI=1S/C16H22BrN3O2.ClH/c1-16(18,12-3-5-13(17)6-4-12)15(22)20-9-7-11(8-10-20)14(21)19-2;/h3-6,11H,7-10,18H2,1-2H3,(H,19,21);1H. The van der Waals surface area contributed by atoms with E-state index in [0.29, 0.717) is 25.9 Å². The summed E-state index contributed by atoms with van der Waals surface area (Å²) in [6, 6.07) is 7.48. The zero-order valence-corrected chi connectivity index (χ0v) is 15.7. The number of piperidine rings is 1. The Morgan fingerprint density at radius 2 is 1.78 bits per heavy atom. The van der Waals surface area contributed by atoms with Gasteiger partial charge in [-0.2, -0.15) is 0 Å². The lowest BCUT2D eigenvalue weighted by molar-refractivity contribution is -0.140. The number of nitrogens with zero attached hydrogens (tertiary/aromatic N) is 1. The number of nitrogens with one attached hydrogen (secondary N) is 1. The zero-order valence-electron chi connectivity index (χ0n) is 13.3. The third-order valence-electron chi connectivity index (χ3n) is 4.29. The van der Waals surface area contributed by atoms with E-state index < -0.39 is 5.54 Å². The van der Waals surface area contributed by atoms with Gasteiger partial charge in [0.2, 0.25) is 11.8 Å². The van der Waals surface area contributed by atoms with Gasteiger partial charge in [-0.15, -0.1) is 12.4 Å². The molecule has 7 heteroatoms. The first-order valence-electron chi connectivity index (χ1n) is 7.42. The number of carbonyl (C=O) groups is 2. The summed E-state index contributed by atoms with van der Waals surface area (Å²) in [6.45, 7) is 2.88. The number of rotatable bonds is 3. The summed E-state index contributed by atoms with van der Waals surface area (Å²) in [6.07, 6.45) is 1.36. The van der Waals surface area contributed by atoms with E-state index in [2.05, 4.69) is 21.2 Å². The summed E-state index contributed by atoms with van der Waals surface area (Å²) in [4.78, 5) is 26.2. The summed E-state index contributed by atoms with van der Waals surface area (Å²) in [5.74, 6) is -0.0496. The number of halogens is 2. The van der Waals surface area contributed by atoms with E-state index in [9.17, 15) is 9.59 Å². The molecule has 1 aromatic carbocycles. The highest BCUT2D eigenvalue weighted by Gasteiger charge is 2.36. The van der Waals surface area contributed by atoms with Crippen LogP contribution in [0.1, 0.15) is 25.3 Å². The van der Waals surface area contributed by atoms with Gasteiger partial charge >= 0.3 is 0 Å². The molecule has 1 unspecified atom stereocenters. The Bertz CT molecular complexity index is 555. The van der Waals surface area contributed by atoms with Crippen LogP contribution in [0.25, 0.3) is 0 Å². The first-order valence-corrected chi connectivity index (χ1v) is 8.21. The fraction of sp³-hybridized carbons (Fsp3) is 0.500. The maximum atomic E-state index is 12.7. The molecule has 0 aliphatic carbocycles. The third-order valence-corrected chi connectivity index (χ3v) is 4.82. The summed E-state index contributed by atoms with van der Waals surface area (Å²) in [7, 11) is 1.64. The van der Waals surface area contributed by atoms with Gasteiger partial charge in [0.1, 0.15) is 5.54 Å². The molecule has 0 aromatic heterocycles. The van der Waals surface area contributed by atoms with E-state index in [0.717, 1.165) is 10.0 Å². The summed E-state index contributed by atoms with van der Waals surface area (Å²) in [5, 5.41) is 2.67. The molecule has 1 saturated heterocycles. The van der Waals surface area contributed by atoms with Crippen LogP contribution in [0.5, 0.6) is 0 Å². The van der Waals surface area contributed by atoms with Crippen LogP contribution in [0.3, 0.4) is 0 Å². The lowest BCUT2D eigenvalue weighted by Gasteiger charge is -2.36. The van der Waals surface area contributed by atoms with Crippen molar-refractivity contribution >= 4 is 40.2 Å². The molecular formula is C16H23BrClN3O2. The SMILES string of the molecule is CNC(=O)C1CCN(C(=O)C(C)(N)c2ccc(Br)cc2)CC1.Cl. The number of nitrogens with two attached hydrogens (primary N) is 1. The van der Waals surface area contributed by atoms with Crippen LogP contribution < -0.4 is 11.1 Å². The predicted molar refractivity (Wildman–Crippen MR) is 96.3 cm³/mol. The van der Waals surface area contributed by atoms with Gasteiger partial charge in [-0.25, -0.2) is 0 Å². The molecule has 2 rings (SSSR count). The minimum Gasteiger partial charge on any atom is -0.359 e. The predicted octanol–water partition coefficient (Wildman–Crippen LogP) is 2.03. The molecule has 5 nitrogen and oxygen atoms in total. The van der Waals surface area contributed by atoms with Crippen molar-refractivity contribution in [3.8, 4) is 0 Å². The number of hydrogen-bond acceptors (Lipinski definition) is 3. The number of carbonyl (C=O) groups excluding carboxylic acids is 2. The minimum atomic E-state index is -1.06. The highest BCUT2D eigenvalue weighted by Crippen LogP contribution is 2.25. The molecule has 1 aliphatic rings.